The van der Waals surface area contributed by atoms with Crippen LogP contribution in [-0.2, 0) is 11.3 Å². The molecule has 0 aromatic carbocycles. The van der Waals surface area contributed by atoms with Crippen molar-refractivity contribution in [2.45, 2.75) is 39.5 Å². The van der Waals surface area contributed by atoms with E-state index in [0.29, 0.717) is 18.1 Å². The summed E-state index contributed by atoms with van der Waals surface area (Å²) in [5.41, 5.74) is -0.263. The van der Waals surface area contributed by atoms with Crippen LogP contribution in [0.4, 0.5) is 0 Å². The molecule has 6 heteroatoms. The average molecular weight is 251 g/mol. The van der Waals surface area contributed by atoms with E-state index in [1.54, 1.807) is 12.3 Å². The lowest BCUT2D eigenvalue weighted by molar-refractivity contribution is 0.0108. The Labute approximate surface area is 105 Å². The van der Waals surface area contributed by atoms with E-state index in [1.165, 1.54) is 4.57 Å². The van der Waals surface area contributed by atoms with E-state index in [-0.39, 0.29) is 17.9 Å². The fourth-order valence-corrected chi connectivity index (χ4v) is 1.82. The second-order valence-electron chi connectivity index (χ2n) is 4.38. The van der Waals surface area contributed by atoms with Gasteiger partial charge < -0.3 is 9.15 Å². The van der Waals surface area contributed by atoms with Gasteiger partial charge in [0.15, 0.2) is 5.82 Å². The molecule has 0 aliphatic rings. The van der Waals surface area contributed by atoms with Gasteiger partial charge in [-0.25, -0.2) is 9.89 Å². The Balaban J connectivity index is 2.24. The van der Waals surface area contributed by atoms with Crippen molar-refractivity contribution in [1.29, 1.82) is 0 Å². The van der Waals surface area contributed by atoms with Gasteiger partial charge in [-0.1, -0.05) is 0 Å². The molecule has 2 heterocycles. The van der Waals surface area contributed by atoms with Crippen LogP contribution in [0.3, 0.4) is 0 Å². The van der Waals surface area contributed by atoms with Crippen LogP contribution in [0, 0.1) is 0 Å². The lowest BCUT2D eigenvalue weighted by Crippen LogP contribution is -2.21. The lowest BCUT2D eigenvalue weighted by Gasteiger charge is -2.15. The number of furan rings is 1. The first-order valence-electron chi connectivity index (χ1n) is 5.91. The fraction of sp³-hybridized carbons (Fsp3) is 0.500. The van der Waals surface area contributed by atoms with E-state index in [2.05, 4.69) is 10.2 Å². The predicted molar refractivity (Wildman–Crippen MR) is 65.3 cm³/mol. The highest BCUT2D eigenvalue weighted by Crippen LogP contribution is 2.15. The third kappa shape index (κ3) is 2.70. The molecular formula is C12H17N3O3. The highest BCUT2D eigenvalue weighted by Gasteiger charge is 2.17. The molecule has 6 nitrogen and oxygen atoms in total. The normalized spacial score (nSPS) is 13.1. The van der Waals surface area contributed by atoms with Gasteiger partial charge in [0.1, 0.15) is 11.9 Å². The maximum Gasteiger partial charge on any atom is 0.343 e. The zero-order chi connectivity index (χ0) is 13.1. The SMILES string of the molecule is CC(C)OC(C)c1n[nH]c(=O)n1Cc1ccco1. The molecule has 0 fully saturated rings. The van der Waals surface area contributed by atoms with Crippen molar-refractivity contribution in [2.75, 3.05) is 0 Å². The molecule has 0 aliphatic heterocycles. The van der Waals surface area contributed by atoms with Gasteiger partial charge in [-0.2, -0.15) is 5.10 Å². The first kappa shape index (κ1) is 12.6. The molecule has 0 bridgehead atoms. The molecule has 1 N–H and O–H groups in total. The first-order valence-corrected chi connectivity index (χ1v) is 5.91. The minimum absolute atomic E-state index is 0.0730. The van der Waals surface area contributed by atoms with Crippen molar-refractivity contribution in [1.82, 2.24) is 14.8 Å². The second kappa shape index (κ2) is 5.22. The molecule has 98 valence electrons. The Morgan fingerprint density at radius 2 is 2.28 bits per heavy atom. The van der Waals surface area contributed by atoms with Crippen LogP contribution in [0.15, 0.2) is 27.6 Å². The number of rotatable bonds is 5. The van der Waals surface area contributed by atoms with E-state index in [4.69, 9.17) is 9.15 Å². The molecule has 0 amide bonds. The van der Waals surface area contributed by atoms with E-state index in [1.807, 2.05) is 26.8 Å². The van der Waals surface area contributed by atoms with Crippen molar-refractivity contribution >= 4 is 0 Å². The Kier molecular flexibility index (Phi) is 3.66. The zero-order valence-electron chi connectivity index (χ0n) is 10.7. The smallest absolute Gasteiger partial charge is 0.343 e. The second-order valence-corrected chi connectivity index (χ2v) is 4.38. The summed E-state index contributed by atoms with van der Waals surface area (Å²) < 4.78 is 12.4. The van der Waals surface area contributed by atoms with E-state index in [0.717, 1.165) is 0 Å². The average Bonchev–Trinajstić information content (AvgIpc) is 2.90. The summed E-state index contributed by atoms with van der Waals surface area (Å²) in [4.78, 5) is 11.7. The van der Waals surface area contributed by atoms with Gasteiger partial charge >= 0.3 is 5.69 Å². The molecule has 0 aliphatic carbocycles. The molecule has 1 atom stereocenters. The molecular weight excluding hydrogens is 234 g/mol. The van der Waals surface area contributed by atoms with Gasteiger partial charge in [0.2, 0.25) is 0 Å². The maximum absolute atomic E-state index is 11.7. The molecule has 1 unspecified atom stereocenters. The predicted octanol–water partition coefficient (Wildman–Crippen LogP) is 1.70. The van der Waals surface area contributed by atoms with Crippen LogP contribution in [-0.4, -0.2) is 20.9 Å². The molecule has 2 aromatic rings. The lowest BCUT2D eigenvalue weighted by atomic mass is 10.3. The number of nitrogens with zero attached hydrogens (tertiary/aromatic N) is 2. The van der Waals surface area contributed by atoms with Gasteiger partial charge in [0.25, 0.3) is 0 Å². The monoisotopic (exact) mass is 251 g/mol. The van der Waals surface area contributed by atoms with Crippen LogP contribution < -0.4 is 5.69 Å². The number of nitrogens with one attached hydrogen (secondary N) is 1. The van der Waals surface area contributed by atoms with Gasteiger partial charge in [-0.15, -0.1) is 0 Å². The minimum atomic E-state index is -0.263. The molecule has 0 spiro atoms. The number of H-pyrrole nitrogens is 1. The summed E-state index contributed by atoms with van der Waals surface area (Å²) in [5, 5.41) is 6.45. The summed E-state index contributed by atoms with van der Waals surface area (Å²) in [6, 6.07) is 3.60. The first-order chi connectivity index (χ1) is 8.58. The van der Waals surface area contributed by atoms with E-state index < -0.39 is 0 Å². The summed E-state index contributed by atoms with van der Waals surface area (Å²) >= 11 is 0. The van der Waals surface area contributed by atoms with Gasteiger partial charge in [-0.05, 0) is 32.9 Å². The van der Waals surface area contributed by atoms with E-state index >= 15 is 0 Å². The van der Waals surface area contributed by atoms with Crippen molar-refractivity contribution < 1.29 is 9.15 Å². The number of aromatic amines is 1. The molecule has 0 radical (unpaired) electrons. The van der Waals surface area contributed by atoms with Crippen LogP contribution in [0.1, 0.15) is 38.5 Å². The topological polar surface area (TPSA) is 73.0 Å². The van der Waals surface area contributed by atoms with Crippen LogP contribution in [0.25, 0.3) is 0 Å². The number of hydrogen-bond donors (Lipinski definition) is 1. The maximum atomic E-state index is 11.7. The molecule has 2 aromatic heterocycles. The summed E-state index contributed by atoms with van der Waals surface area (Å²) in [7, 11) is 0. The third-order valence-corrected chi connectivity index (χ3v) is 2.52. The number of hydrogen-bond acceptors (Lipinski definition) is 4. The highest BCUT2D eigenvalue weighted by molar-refractivity contribution is 5.02. The van der Waals surface area contributed by atoms with Crippen LogP contribution in [0.5, 0.6) is 0 Å². The summed E-state index contributed by atoms with van der Waals surface area (Å²) in [6.07, 6.45) is 1.40. The Bertz CT molecular complexity index is 539. The quantitative estimate of drug-likeness (QED) is 0.877. The van der Waals surface area contributed by atoms with Gasteiger partial charge in [-0.3, -0.25) is 4.57 Å². The third-order valence-electron chi connectivity index (χ3n) is 2.52. The van der Waals surface area contributed by atoms with Crippen molar-refractivity contribution in [3.63, 3.8) is 0 Å². The van der Waals surface area contributed by atoms with Crippen LogP contribution in [0.2, 0.25) is 0 Å². The molecule has 0 saturated carbocycles. The minimum Gasteiger partial charge on any atom is -0.467 e. The fourth-order valence-electron chi connectivity index (χ4n) is 1.82. The van der Waals surface area contributed by atoms with Gasteiger partial charge in [0, 0.05) is 0 Å². The highest BCUT2D eigenvalue weighted by atomic mass is 16.5. The Morgan fingerprint density at radius 3 is 2.89 bits per heavy atom. The Morgan fingerprint density at radius 1 is 1.50 bits per heavy atom. The summed E-state index contributed by atoms with van der Waals surface area (Å²) in [6.45, 7) is 6.11. The van der Waals surface area contributed by atoms with Crippen LogP contribution >= 0.6 is 0 Å². The van der Waals surface area contributed by atoms with E-state index in [9.17, 15) is 4.79 Å². The number of aromatic nitrogens is 3. The Hall–Kier alpha value is -1.82. The number of ether oxygens (including phenoxy) is 1. The molecule has 18 heavy (non-hydrogen) atoms. The zero-order valence-corrected chi connectivity index (χ0v) is 10.7. The standard InChI is InChI=1S/C12H17N3O3/c1-8(2)18-9(3)11-13-14-12(16)15(11)7-10-5-4-6-17-10/h4-6,8-9H,7H2,1-3H3,(H,14,16). The summed E-state index contributed by atoms with van der Waals surface area (Å²) in [5.74, 6) is 1.28. The largest absolute Gasteiger partial charge is 0.467 e. The van der Waals surface area contributed by atoms with Crippen molar-refractivity contribution in [3.05, 3.63) is 40.5 Å². The van der Waals surface area contributed by atoms with Crippen molar-refractivity contribution in [3.8, 4) is 0 Å². The molecule has 2 rings (SSSR count). The van der Waals surface area contributed by atoms with Crippen molar-refractivity contribution in [2.24, 2.45) is 0 Å². The molecule has 0 saturated heterocycles. The van der Waals surface area contributed by atoms with Gasteiger partial charge in [0.05, 0.1) is 18.9 Å².